The predicted octanol–water partition coefficient (Wildman–Crippen LogP) is 3.56. The highest BCUT2D eigenvalue weighted by Gasteiger charge is 2.18. The van der Waals surface area contributed by atoms with E-state index in [1.54, 1.807) is 0 Å². The smallest absolute Gasteiger partial charge is 0.143 e. The van der Waals surface area contributed by atoms with Crippen LogP contribution in [-0.4, -0.2) is 16.5 Å². The molecule has 1 heterocycles. The molecule has 1 aromatic heterocycles. The maximum Gasteiger partial charge on any atom is 0.143 e. The molecule has 0 radical (unpaired) electrons. The van der Waals surface area contributed by atoms with Crippen LogP contribution in [0.3, 0.4) is 0 Å². The van der Waals surface area contributed by atoms with E-state index in [1.807, 2.05) is 6.20 Å². The molecule has 0 saturated heterocycles. The van der Waals surface area contributed by atoms with Gasteiger partial charge in [-0.05, 0) is 42.4 Å². The van der Waals surface area contributed by atoms with Gasteiger partial charge in [-0.15, -0.1) is 0 Å². The summed E-state index contributed by atoms with van der Waals surface area (Å²) in [6, 6.07) is 0. The third-order valence-corrected chi connectivity index (χ3v) is 3.87. The first-order valence-corrected chi connectivity index (χ1v) is 7.15. The van der Waals surface area contributed by atoms with Crippen LogP contribution < -0.4 is 5.32 Å². The van der Waals surface area contributed by atoms with Crippen LogP contribution in [0.5, 0.6) is 0 Å². The quantitative estimate of drug-likeness (QED) is 0.861. The SMILES string of the molecule is CCNc1nc(C2CCCCC2)ncc1I. The summed E-state index contributed by atoms with van der Waals surface area (Å²) in [7, 11) is 0. The molecule has 0 aliphatic heterocycles. The van der Waals surface area contributed by atoms with Gasteiger partial charge in [-0.25, -0.2) is 9.97 Å². The fraction of sp³-hybridized carbons (Fsp3) is 0.667. The van der Waals surface area contributed by atoms with Gasteiger partial charge < -0.3 is 5.32 Å². The number of nitrogens with one attached hydrogen (secondary N) is 1. The zero-order chi connectivity index (χ0) is 11.4. The summed E-state index contributed by atoms with van der Waals surface area (Å²) in [4.78, 5) is 9.14. The first kappa shape index (κ1) is 12.1. The predicted molar refractivity (Wildman–Crippen MR) is 74.7 cm³/mol. The number of anilines is 1. The fourth-order valence-corrected chi connectivity index (χ4v) is 2.68. The van der Waals surface area contributed by atoms with Crippen molar-refractivity contribution in [2.75, 3.05) is 11.9 Å². The second-order valence-corrected chi connectivity index (χ2v) is 5.45. The Morgan fingerprint density at radius 2 is 2.12 bits per heavy atom. The largest absolute Gasteiger partial charge is 0.369 e. The van der Waals surface area contributed by atoms with Gasteiger partial charge in [0.05, 0.1) is 3.57 Å². The zero-order valence-corrected chi connectivity index (χ0v) is 11.8. The van der Waals surface area contributed by atoms with E-state index in [1.165, 1.54) is 32.1 Å². The van der Waals surface area contributed by atoms with Crippen molar-refractivity contribution in [2.45, 2.75) is 44.9 Å². The van der Waals surface area contributed by atoms with Gasteiger partial charge in [0.1, 0.15) is 11.6 Å². The van der Waals surface area contributed by atoms with E-state index in [4.69, 9.17) is 0 Å². The normalized spacial score (nSPS) is 17.4. The highest BCUT2D eigenvalue weighted by Crippen LogP contribution is 2.31. The van der Waals surface area contributed by atoms with Crippen LogP contribution in [0.2, 0.25) is 0 Å². The highest BCUT2D eigenvalue weighted by molar-refractivity contribution is 14.1. The minimum atomic E-state index is 0.586. The fourth-order valence-electron chi connectivity index (χ4n) is 2.23. The number of nitrogens with zero attached hydrogens (tertiary/aromatic N) is 2. The average molecular weight is 331 g/mol. The van der Waals surface area contributed by atoms with Gasteiger partial charge in [0.15, 0.2) is 0 Å². The molecule has 1 fully saturated rings. The molecule has 16 heavy (non-hydrogen) atoms. The lowest BCUT2D eigenvalue weighted by Gasteiger charge is -2.20. The molecule has 1 saturated carbocycles. The van der Waals surface area contributed by atoms with Crippen LogP contribution in [0.25, 0.3) is 0 Å². The number of rotatable bonds is 3. The minimum Gasteiger partial charge on any atom is -0.369 e. The molecule has 4 heteroatoms. The Morgan fingerprint density at radius 1 is 1.38 bits per heavy atom. The third kappa shape index (κ3) is 2.84. The Balaban J connectivity index is 2.17. The standard InChI is InChI=1S/C12H18IN3/c1-2-14-12-10(13)8-15-11(16-12)9-6-4-3-5-7-9/h8-9H,2-7H2,1H3,(H,14,15,16). The molecule has 0 bridgehead atoms. The van der Waals surface area contributed by atoms with Gasteiger partial charge in [-0.3, -0.25) is 0 Å². The van der Waals surface area contributed by atoms with Gasteiger partial charge in [0, 0.05) is 18.7 Å². The molecule has 1 N–H and O–H groups in total. The summed E-state index contributed by atoms with van der Waals surface area (Å²) in [5, 5.41) is 3.30. The average Bonchev–Trinajstić information content (AvgIpc) is 2.33. The Kier molecular flexibility index (Phi) is 4.37. The summed E-state index contributed by atoms with van der Waals surface area (Å²) < 4.78 is 1.11. The van der Waals surface area contributed by atoms with Gasteiger partial charge >= 0.3 is 0 Å². The van der Waals surface area contributed by atoms with Crippen LogP contribution in [0.15, 0.2) is 6.20 Å². The van der Waals surface area contributed by atoms with Gasteiger partial charge in [0.25, 0.3) is 0 Å². The van der Waals surface area contributed by atoms with E-state index >= 15 is 0 Å². The summed E-state index contributed by atoms with van der Waals surface area (Å²) >= 11 is 2.28. The van der Waals surface area contributed by atoms with Crippen molar-refractivity contribution in [2.24, 2.45) is 0 Å². The number of halogens is 1. The third-order valence-electron chi connectivity index (χ3n) is 3.08. The Bertz CT molecular complexity index is 348. The molecule has 1 aliphatic rings. The van der Waals surface area contributed by atoms with Crippen molar-refractivity contribution in [3.63, 3.8) is 0 Å². The molecule has 0 unspecified atom stereocenters. The summed E-state index contributed by atoms with van der Waals surface area (Å²) in [5.74, 6) is 2.62. The molecule has 88 valence electrons. The summed E-state index contributed by atoms with van der Waals surface area (Å²) in [5.41, 5.74) is 0. The van der Waals surface area contributed by atoms with Crippen LogP contribution in [0.1, 0.15) is 50.8 Å². The van der Waals surface area contributed by atoms with Crippen molar-refractivity contribution >= 4 is 28.4 Å². The van der Waals surface area contributed by atoms with E-state index in [9.17, 15) is 0 Å². The van der Waals surface area contributed by atoms with E-state index in [0.29, 0.717) is 5.92 Å². The van der Waals surface area contributed by atoms with Gasteiger partial charge in [-0.2, -0.15) is 0 Å². The van der Waals surface area contributed by atoms with E-state index in [2.05, 4.69) is 44.8 Å². The van der Waals surface area contributed by atoms with Crippen molar-refractivity contribution in [1.29, 1.82) is 0 Å². The molecule has 0 aromatic carbocycles. The Morgan fingerprint density at radius 3 is 2.81 bits per heavy atom. The van der Waals surface area contributed by atoms with Crippen molar-refractivity contribution in [3.05, 3.63) is 15.6 Å². The molecule has 3 nitrogen and oxygen atoms in total. The van der Waals surface area contributed by atoms with Crippen LogP contribution >= 0.6 is 22.6 Å². The molecule has 1 aliphatic carbocycles. The molecule has 0 spiro atoms. The summed E-state index contributed by atoms with van der Waals surface area (Å²) in [6.07, 6.45) is 8.49. The highest BCUT2D eigenvalue weighted by atomic mass is 127. The molecule has 0 atom stereocenters. The second kappa shape index (κ2) is 5.80. The van der Waals surface area contributed by atoms with Crippen LogP contribution in [0, 0.1) is 3.57 Å². The number of hydrogen-bond acceptors (Lipinski definition) is 3. The topological polar surface area (TPSA) is 37.8 Å². The van der Waals surface area contributed by atoms with E-state index in [0.717, 1.165) is 21.8 Å². The van der Waals surface area contributed by atoms with Crippen molar-refractivity contribution in [1.82, 2.24) is 9.97 Å². The number of hydrogen-bond donors (Lipinski definition) is 1. The zero-order valence-electron chi connectivity index (χ0n) is 9.67. The number of aromatic nitrogens is 2. The molecule has 2 rings (SSSR count). The lowest BCUT2D eigenvalue weighted by Crippen LogP contribution is -2.11. The first-order chi connectivity index (χ1) is 7.81. The first-order valence-electron chi connectivity index (χ1n) is 6.07. The molecular weight excluding hydrogens is 313 g/mol. The van der Waals surface area contributed by atoms with Crippen LogP contribution in [0.4, 0.5) is 5.82 Å². The second-order valence-electron chi connectivity index (χ2n) is 4.29. The minimum absolute atomic E-state index is 0.586. The van der Waals surface area contributed by atoms with Gasteiger partial charge in [0.2, 0.25) is 0 Å². The van der Waals surface area contributed by atoms with Crippen molar-refractivity contribution < 1.29 is 0 Å². The lowest BCUT2D eigenvalue weighted by molar-refractivity contribution is 0.428. The van der Waals surface area contributed by atoms with Crippen molar-refractivity contribution in [3.8, 4) is 0 Å². The summed E-state index contributed by atoms with van der Waals surface area (Å²) in [6.45, 7) is 3.01. The Labute approximate surface area is 111 Å². The van der Waals surface area contributed by atoms with Gasteiger partial charge in [-0.1, -0.05) is 19.3 Å². The Hall–Kier alpha value is -0.390. The van der Waals surface area contributed by atoms with E-state index in [-0.39, 0.29) is 0 Å². The van der Waals surface area contributed by atoms with E-state index < -0.39 is 0 Å². The van der Waals surface area contributed by atoms with Crippen LogP contribution in [-0.2, 0) is 0 Å². The molecule has 1 aromatic rings. The maximum atomic E-state index is 4.66. The molecular formula is C12H18IN3. The molecule has 0 amide bonds. The maximum absolute atomic E-state index is 4.66. The lowest BCUT2D eigenvalue weighted by atomic mass is 9.89. The monoisotopic (exact) mass is 331 g/mol.